The number of aryl methyl sites for hydroxylation is 2. The summed E-state index contributed by atoms with van der Waals surface area (Å²) in [5.74, 6) is -0.292. The standard InChI is InChI=1S/C24H25N9O4S2/c1-15-19(22(34)35)38-24(28-15)31-23-29-20(26-8-3-10-32-11-9-25-13-32)18-21(30-23)33(14-27-18)12-16-4-6-17(7-5-16)39(2,36)37/h4-7,9,11,13-14H,3,8,10,12H2,1-2H3,(H,34,35)(H2,26,28,29,30,31). The largest absolute Gasteiger partial charge is 0.477 e. The van der Waals surface area contributed by atoms with E-state index in [-0.39, 0.29) is 15.7 Å². The average Bonchev–Trinajstić information content (AvgIpc) is 3.63. The van der Waals surface area contributed by atoms with E-state index in [1.807, 2.05) is 15.3 Å². The number of thiazole rings is 1. The Labute approximate surface area is 227 Å². The van der Waals surface area contributed by atoms with Gasteiger partial charge in [-0.25, -0.2) is 28.2 Å². The van der Waals surface area contributed by atoms with Crippen molar-refractivity contribution in [1.29, 1.82) is 0 Å². The van der Waals surface area contributed by atoms with Gasteiger partial charge in [0, 0.05) is 31.7 Å². The molecule has 0 aliphatic rings. The molecule has 0 saturated heterocycles. The number of hydrogen-bond acceptors (Lipinski definition) is 11. The first-order chi connectivity index (χ1) is 18.7. The van der Waals surface area contributed by atoms with Gasteiger partial charge >= 0.3 is 5.97 Å². The summed E-state index contributed by atoms with van der Waals surface area (Å²) in [6.45, 7) is 3.42. The molecule has 5 aromatic rings. The highest BCUT2D eigenvalue weighted by atomic mass is 32.2. The number of benzene rings is 1. The van der Waals surface area contributed by atoms with E-state index < -0.39 is 15.8 Å². The Morgan fingerprint density at radius 1 is 1.13 bits per heavy atom. The van der Waals surface area contributed by atoms with E-state index in [2.05, 4.69) is 35.6 Å². The summed E-state index contributed by atoms with van der Waals surface area (Å²) in [4.78, 5) is 34.0. The number of anilines is 3. The number of nitrogens with one attached hydrogen (secondary N) is 2. The molecular formula is C24H25N9O4S2. The molecule has 0 radical (unpaired) electrons. The van der Waals surface area contributed by atoms with E-state index in [1.54, 1.807) is 50.0 Å². The van der Waals surface area contributed by atoms with E-state index >= 15 is 0 Å². The molecule has 0 fully saturated rings. The first-order valence-corrected chi connectivity index (χ1v) is 14.6. The maximum atomic E-state index is 11.8. The number of nitrogens with zero attached hydrogens (tertiary/aromatic N) is 7. The van der Waals surface area contributed by atoms with Crippen molar-refractivity contribution in [2.75, 3.05) is 23.4 Å². The average molecular weight is 568 g/mol. The third kappa shape index (κ3) is 6.04. The second kappa shape index (κ2) is 10.8. The van der Waals surface area contributed by atoms with E-state index in [9.17, 15) is 18.3 Å². The van der Waals surface area contributed by atoms with Crippen LogP contribution in [-0.4, -0.2) is 66.3 Å². The lowest BCUT2D eigenvalue weighted by molar-refractivity contribution is 0.0701. The minimum absolute atomic E-state index is 0.138. The molecule has 5 rings (SSSR count). The van der Waals surface area contributed by atoms with Gasteiger partial charge in [-0.3, -0.25) is 5.32 Å². The van der Waals surface area contributed by atoms with Crippen molar-refractivity contribution in [1.82, 2.24) is 34.1 Å². The molecule has 4 aromatic heterocycles. The zero-order valence-electron chi connectivity index (χ0n) is 21.1. The van der Waals surface area contributed by atoms with Crippen LogP contribution in [0.2, 0.25) is 0 Å². The van der Waals surface area contributed by atoms with Gasteiger partial charge in [-0.2, -0.15) is 9.97 Å². The van der Waals surface area contributed by atoms with Gasteiger partial charge in [0.05, 0.1) is 29.8 Å². The van der Waals surface area contributed by atoms with Crippen molar-refractivity contribution in [3.05, 3.63) is 65.4 Å². The minimum atomic E-state index is -3.29. The van der Waals surface area contributed by atoms with Crippen LogP contribution in [-0.2, 0) is 22.9 Å². The van der Waals surface area contributed by atoms with Gasteiger partial charge in [0.2, 0.25) is 5.95 Å². The zero-order chi connectivity index (χ0) is 27.6. The molecule has 3 N–H and O–H groups in total. The van der Waals surface area contributed by atoms with Crippen LogP contribution in [0, 0.1) is 6.92 Å². The molecule has 0 atom stereocenters. The van der Waals surface area contributed by atoms with E-state index in [0.717, 1.165) is 29.9 Å². The Bertz CT molecular complexity index is 1730. The summed E-state index contributed by atoms with van der Waals surface area (Å²) in [6.07, 6.45) is 9.03. The Morgan fingerprint density at radius 2 is 1.92 bits per heavy atom. The van der Waals surface area contributed by atoms with Gasteiger partial charge in [-0.1, -0.05) is 23.5 Å². The number of sulfone groups is 1. The second-order valence-corrected chi connectivity index (χ2v) is 11.8. The van der Waals surface area contributed by atoms with Crippen molar-refractivity contribution in [3.63, 3.8) is 0 Å². The quantitative estimate of drug-likeness (QED) is 0.200. The molecule has 0 saturated carbocycles. The monoisotopic (exact) mass is 567 g/mol. The van der Waals surface area contributed by atoms with Crippen molar-refractivity contribution < 1.29 is 18.3 Å². The van der Waals surface area contributed by atoms with Crippen LogP contribution in [0.25, 0.3) is 11.2 Å². The predicted molar refractivity (Wildman–Crippen MR) is 146 cm³/mol. The normalized spacial score (nSPS) is 11.6. The third-order valence-electron chi connectivity index (χ3n) is 5.82. The van der Waals surface area contributed by atoms with E-state index in [0.29, 0.717) is 40.9 Å². The van der Waals surface area contributed by atoms with Crippen LogP contribution in [0.1, 0.15) is 27.3 Å². The maximum absolute atomic E-state index is 11.8. The highest BCUT2D eigenvalue weighted by Crippen LogP contribution is 2.27. The fourth-order valence-electron chi connectivity index (χ4n) is 3.91. The lowest BCUT2D eigenvalue weighted by Crippen LogP contribution is -2.10. The number of aromatic carboxylic acids is 1. The highest BCUT2D eigenvalue weighted by molar-refractivity contribution is 7.90. The number of imidazole rings is 2. The molecule has 0 amide bonds. The van der Waals surface area contributed by atoms with Crippen molar-refractivity contribution in [2.45, 2.75) is 31.3 Å². The Kier molecular flexibility index (Phi) is 7.26. The fourth-order valence-corrected chi connectivity index (χ4v) is 5.34. The molecule has 4 heterocycles. The number of carboxylic acid groups (broad SMARTS) is 1. The zero-order valence-corrected chi connectivity index (χ0v) is 22.7. The van der Waals surface area contributed by atoms with Crippen LogP contribution in [0.3, 0.4) is 0 Å². The molecular weight excluding hydrogens is 542 g/mol. The van der Waals surface area contributed by atoms with Gasteiger partial charge < -0.3 is 19.6 Å². The summed E-state index contributed by atoms with van der Waals surface area (Å²) >= 11 is 1.00. The minimum Gasteiger partial charge on any atom is -0.477 e. The SMILES string of the molecule is Cc1nc(Nc2nc(NCCCn3ccnc3)c3ncn(Cc4ccc(S(C)(=O)=O)cc4)c3n2)sc1C(=O)O. The summed E-state index contributed by atoms with van der Waals surface area (Å²) in [6, 6.07) is 6.65. The van der Waals surface area contributed by atoms with Crippen molar-refractivity contribution >= 4 is 55.2 Å². The summed E-state index contributed by atoms with van der Waals surface area (Å²) in [7, 11) is -3.29. The molecule has 202 valence electrons. The van der Waals surface area contributed by atoms with Gasteiger partial charge in [-0.05, 0) is 31.0 Å². The molecule has 0 aliphatic carbocycles. The summed E-state index contributed by atoms with van der Waals surface area (Å²) in [5.41, 5.74) is 2.38. The Balaban J connectivity index is 1.44. The summed E-state index contributed by atoms with van der Waals surface area (Å²) in [5, 5.41) is 16.1. The topological polar surface area (TPSA) is 170 Å². The molecule has 39 heavy (non-hydrogen) atoms. The molecule has 0 aliphatic heterocycles. The molecule has 13 nitrogen and oxygen atoms in total. The molecule has 15 heteroatoms. The number of fused-ring (bicyclic) bond motifs is 1. The molecule has 1 aromatic carbocycles. The molecule has 0 spiro atoms. The number of aromatic nitrogens is 7. The van der Waals surface area contributed by atoms with Crippen molar-refractivity contribution in [3.8, 4) is 0 Å². The predicted octanol–water partition coefficient (Wildman–Crippen LogP) is 3.18. The lowest BCUT2D eigenvalue weighted by Gasteiger charge is -2.10. The van der Waals surface area contributed by atoms with Crippen molar-refractivity contribution in [2.24, 2.45) is 0 Å². The highest BCUT2D eigenvalue weighted by Gasteiger charge is 2.18. The Morgan fingerprint density at radius 3 is 2.59 bits per heavy atom. The van der Waals surface area contributed by atoms with Crippen LogP contribution in [0.5, 0.6) is 0 Å². The van der Waals surface area contributed by atoms with Gasteiger partial charge in [0.25, 0.3) is 0 Å². The number of carbonyl (C=O) groups is 1. The number of carboxylic acids is 1. The lowest BCUT2D eigenvalue weighted by atomic mass is 10.2. The fraction of sp³-hybridized carbons (Fsp3) is 0.250. The number of hydrogen-bond donors (Lipinski definition) is 3. The molecule has 0 unspecified atom stereocenters. The second-order valence-electron chi connectivity index (χ2n) is 8.80. The maximum Gasteiger partial charge on any atom is 0.347 e. The van der Waals surface area contributed by atoms with Crippen LogP contribution >= 0.6 is 11.3 Å². The first-order valence-electron chi connectivity index (χ1n) is 11.9. The Hall–Kier alpha value is -4.37. The van der Waals surface area contributed by atoms with Gasteiger partial charge in [-0.15, -0.1) is 0 Å². The van der Waals surface area contributed by atoms with Crippen LogP contribution in [0.15, 0.2) is 54.2 Å². The van der Waals surface area contributed by atoms with Gasteiger partial charge in [0.1, 0.15) is 4.88 Å². The van der Waals surface area contributed by atoms with Gasteiger partial charge in [0.15, 0.2) is 32.0 Å². The van der Waals surface area contributed by atoms with E-state index in [4.69, 9.17) is 0 Å². The van der Waals surface area contributed by atoms with Crippen LogP contribution < -0.4 is 10.6 Å². The third-order valence-corrected chi connectivity index (χ3v) is 8.01. The first kappa shape index (κ1) is 26.2. The smallest absolute Gasteiger partial charge is 0.347 e. The summed E-state index contributed by atoms with van der Waals surface area (Å²) < 4.78 is 27.4. The number of rotatable bonds is 11. The van der Waals surface area contributed by atoms with E-state index in [1.165, 1.54) is 6.26 Å². The molecule has 0 bridgehead atoms. The van der Waals surface area contributed by atoms with Crippen LogP contribution in [0.4, 0.5) is 16.9 Å².